The summed E-state index contributed by atoms with van der Waals surface area (Å²) in [5.41, 5.74) is 0.0628. The zero-order valence-corrected chi connectivity index (χ0v) is 11.2. The maximum Gasteiger partial charge on any atom is 0.188 e. The molecule has 1 saturated carbocycles. The predicted octanol–water partition coefficient (Wildman–Crippen LogP) is 1.49. The quantitative estimate of drug-likeness (QED) is 0.831. The van der Waals surface area contributed by atoms with Crippen molar-refractivity contribution in [2.75, 3.05) is 5.88 Å². The Hall–Kier alpha value is -0.680. The molecule has 17 heavy (non-hydrogen) atoms. The van der Waals surface area contributed by atoms with Crippen molar-refractivity contribution in [1.29, 1.82) is 0 Å². The van der Waals surface area contributed by atoms with Crippen molar-refractivity contribution >= 4 is 11.6 Å². The summed E-state index contributed by atoms with van der Waals surface area (Å²) >= 11 is 6.13. The standard InChI is InChI=1S/C11H20ClN5/c1-9-3-5-11(8-12,6-4-9)13-7-10-14-16-17(2)15-10/h9,13H,3-8H2,1-2H3. The molecule has 0 radical (unpaired) electrons. The fourth-order valence-corrected chi connectivity index (χ4v) is 2.69. The molecule has 2 rings (SSSR count). The fourth-order valence-electron chi connectivity index (χ4n) is 2.33. The molecule has 0 aromatic carbocycles. The maximum absolute atomic E-state index is 6.13. The highest BCUT2D eigenvalue weighted by atomic mass is 35.5. The normalized spacial score (nSPS) is 29.5. The first-order chi connectivity index (χ1) is 8.13. The summed E-state index contributed by atoms with van der Waals surface area (Å²) in [6.45, 7) is 2.96. The van der Waals surface area contributed by atoms with Gasteiger partial charge in [-0.1, -0.05) is 6.92 Å². The van der Waals surface area contributed by atoms with Crippen molar-refractivity contribution in [3.05, 3.63) is 5.82 Å². The molecule has 1 N–H and O–H groups in total. The second-order valence-corrected chi connectivity index (χ2v) is 5.41. The lowest BCUT2D eigenvalue weighted by Crippen LogP contribution is -2.49. The van der Waals surface area contributed by atoms with E-state index in [1.165, 1.54) is 17.6 Å². The van der Waals surface area contributed by atoms with Gasteiger partial charge >= 0.3 is 0 Å². The van der Waals surface area contributed by atoms with Gasteiger partial charge in [0.1, 0.15) is 0 Å². The summed E-state index contributed by atoms with van der Waals surface area (Å²) in [5.74, 6) is 2.21. The van der Waals surface area contributed by atoms with E-state index in [0.29, 0.717) is 12.4 Å². The number of alkyl halides is 1. The van der Waals surface area contributed by atoms with Crippen molar-refractivity contribution in [2.45, 2.75) is 44.7 Å². The smallest absolute Gasteiger partial charge is 0.188 e. The van der Waals surface area contributed by atoms with Gasteiger partial charge in [-0.3, -0.25) is 0 Å². The van der Waals surface area contributed by atoms with Gasteiger partial charge in [-0.2, -0.15) is 4.80 Å². The summed E-state index contributed by atoms with van der Waals surface area (Å²) in [6.07, 6.45) is 4.76. The molecular formula is C11H20ClN5. The van der Waals surface area contributed by atoms with Crippen LogP contribution in [-0.2, 0) is 13.6 Å². The Labute approximate surface area is 107 Å². The molecule has 1 aromatic rings. The molecule has 0 spiro atoms. The number of nitrogens with one attached hydrogen (secondary N) is 1. The van der Waals surface area contributed by atoms with Crippen LogP contribution in [0.2, 0.25) is 0 Å². The Kier molecular flexibility index (Phi) is 3.99. The maximum atomic E-state index is 6.13. The number of rotatable bonds is 4. The van der Waals surface area contributed by atoms with E-state index in [4.69, 9.17) is 11.6 Å². The van der Waals surface area contributed by atoms with Gasteiger partial charge in [-0.05, 0) is 36.8 Å². The number of aryl methyl sites for hydroxylation is 1. The highest BCUT2D eigenvalue weighted by molar-refractivity contribution is 6.18. The molecule has 0 unspecified atom stereocenters. The van der Waals surface area contributed by atoms with E-state index in [1.807, 2.05) is 0 Å². The van der Waals surface area contributed by atoms with E-state index in [-0.39, 0.29) is 5.54 Å². The highest BCUT2D eigenvalue weighted by Gasteiger charge is 2.33. The summed E-state index contributed by atoms with van der Waals surface area (Å²) in [5, 5.41) is 15.5. The lowest BCUT2D eigenvalue weighted by Gasteiger charge is -2.38. The zero-order chi connectivity index (χ0) is 12.3. The minimum Gasteiger partial charge on any atom is -0.303 e. The van der Waals surface area contributed by atoms with Crippen LogP contribution in [0.25, 0.3) is 0 Å². The summed E-state index contributed by atoms with van der Waals surface area (Å²) in [7, 11) is 1.77. The number of tetrazole rings is 1. The van der Waals surface area contributed by atoms with E-state index in [0.717, 1.165) is 24.6 Å². The molecular weight excluding hydrogens is 238 g/mol. The van der Waals surface area contributed by atoms with Gasteiger partial charge in [-0.15, -0.1) is 21.8 Å². The van der Waals surface area contributed by atoms with Gasteiger partial charge in [-0.25, -0.2) is 0 Å². The molecule has 5 nitrogen and oxygen atoms in total. The Balaban J connectivity index is 1.91. The SMILES string of the molecule is CC1CCC(CCl)(NCc2nnn(C)n2)CC1. The zero-order valence-electron chi connectivity index (χ0n) is 10.5. The number of hydrogen-bond acceptors (Lipinski definition) is 4. The summed E-state index contributed by atoms with van der Waals surface area (Å²) in [4.78, 5) is 1.48. The van der Waals surface area contributed by atoms with E-state index in [2.05, 4.69) is 27.7 Å². The van der Waals surface area contributed by atoms with Crippen molar-refractivity contribution in [2.24, 2.45) is 13.0 Å². The average molecular weight is 258 g/mol. The Morgan fingerprint density at radius 3 is 2.71 bits per heavy atom. The molecule has 6 heteroatoms. The third-order valence-electron chi connectivity index (χ3n) is 3.66. The van der Waals surface area contributed by atoms with E-state index in [9.17, 15) is 0 Å². The van der Waals surface area contributed by atoms with Gasteiger partial charge < -0.3 is 5.32 Å². The highest BCUT2D eigenvalue weighted by Crippen LogP contribution is 2.32. The first-order valence-electron chi connectivity index (χ1n) is 6.17. The molecule has 1 aliphatic carbocycles. The minimum absolute atomic E-state index is 0.0628. The van der Waals surface area contributed by atoms with E-state index < -0.39 is 0 Å². The molecule has 1 heterocycles. The van der Waals surface area contributed by atoms with Crippen molar-refractivity contribution in [3.8, 4) is 0 Å². The van der Waals surface area contributed by atoms with Crippen LogP contribution < -0.4 is 5.32 Å². The van der Waals surface area contributed by atoms with Crippen LogP contribution in [0.3, 0.4) is 0 Å². The van der Waals surface area contributed by atoms with Gasteiger partial charge in [0.05, 0.1) is 13.6 Å². The largest absolute Gasteiger partial charge is 0.303 e. The first kappa shape index (κ1) is 12.8. The first-order valence-corrected chi connectivity index (χ1v) is 6.71. The van der Waals surface area contributed by atoms with Gasteiger partial charge in [0.15, 0.2) is 5.82 Å². The predicted molar refractivity (Wildman–Crippen MR) is 66.7 cm³/mol. The number of hydrogen-bond donors (Lipinski definition) is 1. The van der Waals surface area contributed by atoms with E-state index >= 15 is 0 Å². The minimum atomic E-state index is 0.0628. The number of aromatic nitrogens is 4. The lowest BCUT2D eigenvalue weighted by molar-refractivity contribution is 0.214. The van der Waals surface area contributed by atoms with Crippen LogP contribution in [0.1, 0.15) is 38.4 Å². The van der Waals surface area contributed by atoms with Crippen LogP contribution in [-0.4, -0.2) is 31.6 Å². The molecule has 96 valence electrons. The van der Waals surface area contributed by atoms with Crippen molar-refractivity contribution in [3.63, 3.8) is 0 Å². The lowest BCUT2D eigenvalue weighted by atomic mass is 9.78. The average Bonchev–Trinajstić information content (AvgIpc) is 2.75. The third kappa shape index (κ3) is 3.16. The molecule has 1 aliphatic rings. The molecule has 0 amide bonds. The number of halogens is 1. The van der Waals surface area contributed by atoms with Crippen LogP contribution in [0.15, 0.2) is 0 Å². The Bertz CT molecular complexity index is 356. The van der Waals surface area contributed by atoms with Crippen molar-refractivity contribution < 1.29 is 0 Å². The Morgan fingerprint density at radius 1 is 1.47 bits per heavy atom. The molecule has 0 saturated heterocycles. The molecule has 1 aromatic heterocycles. The molecule has 1 fully saturated rings. The van der Waals surface area contributed by atoms with Gasteiger partial charge in [0, 0.05) is 11.4 Å². The third-order valence-corrected chi connectivity index (χ3v) is 4.17. The molecule has 0 bridgehead atoms. The number of nitrogens with zero attached hydrogens (tertiary/aromatic N) is 4. The fraction of sp³-hybridized carbons (Fsp3) is 0.909. The molecule has 0 aliphatic heterocycles. The van der Waals surface area contributed by atoms with Crippen molar-refractivity contribution in [1.82, 2.24) is 25.5 Å². The monoisotopic (exact) mass is 257 g/mol. The van der Waals surface area contributed by atoms with E-state index in [1.54, 1.807) is 7.05 Å². The topological polar surface area (TPSA) is 55.6 Å². The van der Waals surface area contributed by atoms with Crippen LogP contribution in [0.5, 0.6) is 0 Å². The Morgan fingerprint density at radius 2 is 2.18 bits per heavy atom. The molecule has 0 atom stereocenters. The summed E-state index contributed by atoms with van der Waals surface area (Å²) in [6, 6.07) is 0. The second-order valence-electron chi connectivity index (χ2n) is 5.15. The summed E-state index contributed by atoms with van der Waals surface area (Å²) < 4.78 is 0. The van der Waals surface area contributed by atoms with Crippen LogP contribution >= 0.6 is 11.6 Å². The second kappa shape index (κ2) is 5.31. The van der Waals surface area contributed by atoms with Crippen LogP contribution in [0, 0.1) is 5.92 Å². The van der Waals surface area contributed by atoms with Gasteiger partial charge in [0.25, 0.3) is 0 Å². The van der Waals surface area contributed by atoms with Crippen LogP contribution in [0.4, 0.5) is 0 Å². The van der Waals surface area contributed by atoms with Gasteiger partial charge in [0.2, 0.25) is 0 Å².